The zero-order chi connectivity index (χ0) is 18.7. The monoisotopic (exact) mass is 353 g/mol. The number of methoxy groups -OCH3 is 1. The summed E-state index contributed by atoms with van der Waals surface area (Å²) in [5.41, 5.74) is 3.18. The van der Waals surface area contributed by atoms with E-state index in [0.717, 1.165) is 11.1 Å². The van der Waals surface area contributed by atoms with E-state index in [9.17, 15) is 9.59 Å². The van der Waals surface area contributed by atoms with Gasteiger partial charge in [0.05, 0.1) is 12.7 Å². The van der Waals surface area contributed by atoms with E-state index in [2.05, 4.69) is 4.98 Å². The number of nitrogens with zero attached hydrogens (tertiary/aromatic N) is 3. The van der Waals surface area contributed by atoms with Gasteiger partial charge in [-0.2, -0.15) is 0 Å². The second-order valence-corrected chi connectivity index (χ2v) is 6.48. The summed E-state index contributed by atoms with van der Waals surface area (Å²) in [6.45, 7) is 5.94. The quantitative estimate of drug-likeness (QED) is 0.849. The summed E-state index contributed by atoms with van der Waals surface area (Å²) in [7, 11) is 1.58. The summed E-state index contributed by atoms with van der Waals surface area (Å²) in [6.07, 6.45) is 3.22. The van der Waals surface area contributed by atoms with Gasteiger partial charge in [0, 0.05) is 44.1 Å². The number of carbonyl (C=O) groups is 2. The predicted molar refractivity (Wildman–Crippen MR) is 98.5 cm³/mol. The van der Waals surface area contributed by atoms with Gasteiger partial charge in [0.25, 0.3) is 11.8 Å². The zero-order valence-corrected chi connectivity index (χ0v) is 15.4. The van der Waals surface area contributed by atoms with Crippen molar-refractivity contribution < 1.29 is 14.3 Å². The Morgan fingerprint density at radius 1 is 0.962 bits per heavy atom. The van der Waals surface area contributed by atoms with Crippen molar-refractivity contribution in [3.63, 3.8) is 0 Å². The lowest BCUT2D eigenvalue weighted by Gasteiger charge is -2.35. The minimum Gasteiger partial charge on any atom is -0.496 e. The van der Waals surface area contributed by atoms with Crippen LogP contribution in [-0.2, 0) is 0 Å². The van der Waals surface area contributed by atoms with Crippen LogP contribution in [0.25, 0.3) is 0 Å². The highest BCUT2D eigenvalue weighted by Crippen LogP contribution is 2.26. The third kappa shape index (κ3) is 3.54. The van der Waals surface area contributed by atoms with Crippen LogP contribution in [0.3, 0.4) is 0 Å². The minimum absolute atomic E-state index is 0.0246. The van der Waals surface area contributed by atoms with Crippen LogP contribution in [0.2, 0.25) is 0 Å². The first kappa shape index (κ1) is 17.9. The normalized spacial score (nSPS) is 14.3. The predicted octanol–water partition coefficient (Wildman–Crippen LogP) is 2.31. The van der Waals surface area contributed by atoms with Crippen molar-refractivity contribution >= 4 is 11.8 Å². The molecule has 0 aliphatic carbocycles. The van der Waals surface area contributed by atoms with Crippen molar-refractivity contribution in [3.8, 4) is 5.75 Å². The van der Waals surface area contributed by atoms with Gasteiger partial charge in [-0.3, -0.25) is 14.6 Å². The molecule has 0 bridgehead atoms. The summed E-state index contributed by atoms with van der Waals surface area (Å²) >= 11 is 0. The number of hydrogen-bond donors (Lipinski definition) is 0. The number of rotatable bonds is 3. The van der Waals surface area contributed by atoms with Gasteiger partial charge in [0.2, 0.25) is 0 Å². The molecule has 0 unspecified atom stereocenters. The molecule has 6 heteroatoms. The van der Waals surface area contributed by atoms with E-state index >= 15 is 0 Å². The fraction of sp³-hybridized carbons (Fsp3) is 0.350. The van der Waals surface area contributed by atoms with Crippen molar-refractivity contribution in [3.05, 3.63) is 58.9 Å². The molecule has 1 aliphatic rings. The van der Waals surface area contributed by atoms with Gasteiger partial charge in [0.1, 0.15) is 5.75 Å². The molecule has 0 N–H and O–H groups in total. The van der Waals surface area contributed by atoms with Crippen LogP contribution in [0.5, 0.6) is 5.75 Å². The van der Waals surface area contributed by atoms with E-state index in [0.29, 0.717) is 43.1 Å². The zero-order valence-electron chi connectivity index (χ0n) is 15.4. The molecule has 6 nitrogen and oxygen atoms in total. The van der Waals surface area contributed by atoms with Crippen LogP contribution >= 0.6 is 0 Å². The highest BCUT2D eigenvalue weighted by atomic mass is 16.5. The van der Waals surface area contributed by atoms with Gasteiger partial charge in [-0.15, -0.1) is 0 Å². The van der Waals surface area contributed by atoms with E-state index in [1.165, 1.54) is 0 Å². The Morgan fingerprint density at radius 2 is 1.54 bits per heavy atom. The first-order valence-corrected chi connectivity index (χ1v) is 8.65. The summed E-state index contributed by atoms with van der Waals surface area (Å²) in [4.78, 5) is 33.0. The highest BCUT2D eigenvalue weighted by Gasteiger charge is 2.27. The molecule has 0 saturated carbocycles. The number of hydrogen-bond acceptors (Lipinski definition) is 4. The molecule has 3 rings (SSSR count). The second kappa shape index (κ2) is 7.56. The molecule has 2 amide bonds. The van der Waals surface area contributed by atoms with E-state index in [-0.39, 0.29) is 11.8 Å². The smallest absolute Gasteiger partial charge is 0.257 e. The third-order valence-electron chi connectivity index (χ3n) is 4.63. The molecule has 26 heavy (non-hydrogen) atoms. The molecule has 0 radical (unpaired) electrons. The SMILES string of the molecule is COc1c(C)cc(C)cc1C(=O)N1CCN(C(=O)c2ccncc2)CC1. The van der Waals surface area contributed by atoms with Crippen LogP contribution in [0.4, 0.5) is 0 Å². The molecule has 136 valence electrons. The standard InChI is InChI=1S/C20H23N3O3/c1-14-12-15(2)18(26-3)17(13-14)20(25)23-10-8-22(9-11-23)19(24)16-4-6-21-7-5-16/h4-7,12-13H,8-11H2,1-3H3. The summed E-state index contributed by atoms with van der Waals surface area (Å²) in [6, 6.07) is 7.28. The summed E-state index contributed by atoms with van der Waals surface area (Å²) < 4.78 is 5.44. The number of pyridine rings is 1. The molecule has 1 fully saturated rings. The lowest BCUT2D eigenvalue weighted by Crippen LogP contribution is -2.50. The molecule has 1 aromatic carbocycles. The Morgan fingerprint density at radius 3 is 2.12 bits per heavy atom. The van der Waals surface area contributed by atoms with Crippen LogP contribution in [0.15, 0.2) is 36.7 Å². The second-order valence-electron chi connectivity index (χ2n) is 6.48. The van der Waals surface area contributed by atoms with E-state index < -0.39 is 0 Å². The fourth-order valence-corrected chi connectivity index (χ4v) is 3.34. The fourth-order valence-electron chi connectivity index (χ4n) is 3.34. The topological polar surface area (TPSA) is 62.7 Å². The molecule has 2 aromatic rings. The van der Waals surface area contributed by atoms with Gasteiger partial charge in [-0.1, -0.05) is 6.07 Å². The van der Waals surface area contributed by atoms with Gasteiger partial charge in [-0.05, 0) is 43.2 Å². The number of benzene rings is 1. The maximum atomic E-state index is 13.0. The molecule has 2 heterocycles. The molecular formula is C20H23N3O3. The Bertz CT molecular complexity index is 813. The van der Waals surface area contributed by atoms with Crippen molar-refractivity contribution in [2.75, 3.05) is 33.3 Å². The van der Waals surface area contributed by atoms with Crippen molar-refractivity contribution in [2.45, 2.75) is 13.8 Å². The van der Waals surface area contributed by atoms with Crippen molar-refractivity contribution in [1.82, 2.24) is 14.8 Å². The Kier molecular flexibility index (Phi) is 5.21. The first-order valence-electron chi connectivity index (χ1n) is 8.65. The van der Waals surface area contributed by atoms with Gasteiger partial charge in [-0.25, -0.2) is 0 Å². The van der Waals surface area contributed by atoms with Crippen LogP contribution < -0.4 is 4.74 Å². The number of carbonyl (C=O) groups excluding carboxylic acids is 2. The summed E-state index contributed by atoms with van der Waals surface area (Å²) in [5, 5.41) is 0. The molecule has 1 aromatic heterocycles. The lowest BCUT2D eigenvalue weighted by atomic mass is 10.0. The van der Waals surface area contributed by atoms with Crippen molar-refractivity contribution in [2.24, 2.45) is 0 Å². The number of aryl methyl sites for hydroxylation is 2. The number of amides is 2. The highest BCUT2D eigenvalue weighted by molar-refractivity contribution is 5.98. The van der Waals surface area contributed by atoms with Crippen molar-refractivity contribution in [1.29, 1.82) is 0 Å². The lowest BCUT2D eigenvalue weighted by molar-refractivity contribution is 0.0533. The number of ether oxygens (including phenoxy) is 1. The Hall–Kier alpha value is -2.89. The molecule has 1 saturated heterocycles. The largest absolute Gasteiger partial charge is 0.496 e. The van der Waals surface area contributed by atoms with E-state index in [1.54, 1.807) is 41.4 Å². The van der Waals surface area contributed by atoms with E-state index in [1.807, 2.05) is 26.0 Å². The maximum absolute atomic E-state index is 13.0. The van der Waals surface area contributed by atoms with Crippen LogP contribution in [0.1, 0.15) is 31.8 Å². The van der Waals surface area contributed by atoms with Crippen LogP contribution in [0, 0.1) is 13.8 Å². The van der Waals surface area contributed by atoms with Crippen LogP contribution in [-0.4, -0.2) is 59.9 Å². The molecular weight excluding hydrogens is 330 g/mol. The summed E-state index contributed by atoms with van der Waals surface area (Å²) in [5.74, 6) is 0.545. The minimum atomic E-state index is -0.0512. The third-order valence-corrected chi connectivity index (χ3v) is 4.63. The average Bonchev–Trinajstić information content (AvgIpc) is 2.67. The average molecular weight is 353 g/mol. The molecule has 1 aliphatic heterocycles. The number of aromatic nitrogens is 1. The van der Waals surface area contributed by atoms with Gasteiger partial charge in [0.15, 0.2) is 0 Å². The molecule has 0 spiro atoms. The maximum Gasteiger partial charge on any atom is 0.257 e. The Balaban J connectivity index is 1.71. The van der Waals surface area contributed by atoms with E-state index in [4.69, 9.17) is 4.74 Å². The Labute approximate surface area is 153 Å². The first-order chi connectivity index (χ1) is 12.5. The molecule has 0 atom stereocenters. The van der Waals surface area contributed by atoms with Gasteiger partial charge < -0.3 is 14.5 Å². The number of piperazine rings is 1. The van der Waals surface area contributed by atoms with Gasteiger partial charge >= 0.3 is 0 Å².